The molecule has 1 aromatic heterocycles. The Labute approximate surface area is 350 Å². The predicted octanol–water partition coefficient (Wildman–Crippen LogP) is 7.29. The van der Waals surface area contributed by atoms with Gasteiger partial charge in [-0.05, 0) is 98.2 Å². The van der Waals surface area contributed by atoms with Crippen molar-refractivity contribution < 1.29 is 34.1 Å². The number of nitrogens with zero attached hydrogens (tertiary/aromatic N) is 1. The summed E-state index contributed by atoms with van der Waals surface area (Å²) in [5.41, 5.74) is 11.6. The molecule has 6 aromatic rings. The van der Waals surface area contributed by atoms with Crippen LogP contribution in [-0.4, -0.2) is 59.7 Å². The number of hydrogen-bond acceptors (Lipinski definition) is 11. The maximum atomic E-state index is 13.3. The minimum atomic E-state index is -0.948. The van der Waals surface area contributed by atoms with Crippen LogP contribution in [0.3, 0.4) is 0 Å². The van der Waals surface area contributed by atoms with E-state index in [4.69, 9.17) is 15.2 Å². The highest BCUT2D eigenvalue weighted by Gasteiger charge is 2.24. The van der Waals surface area contributed by atoms with Gasteiger partial charge in [0.05, 0.1) is 35.7 Å². The molecule has 0 aliphatic carbocycles. The number of amides is 3. The largest absolute Gasteiger partial charge is 0.508 e. The molecule has 13 nitrogen and oxygen atoms in total. The number of carbonyl (C=O) groups is 3. The summed E-state index contributed by atoms with van der Waals surface area (Å²) in [6.45, 7) is 2.64. The van der Waals surface area contributed by atoms with Gasteiger partial charge in [0, 0.05) is 74.5 Å². The van der Waals surface area contributed by atoms with Crippen molar-refractivity contribution in [3.63, 3.8) is 0 Å². The molecule has 0 saturated carbocycles. The number of phenols is 1. The number of rotatable bonds is 14. The van der Waals surface area contributed by atoms with Gasteiger partial charge in [-0.2, -0.15) is 0 Å². The third-order valence-electron chi connectivity index (χ3n) is 9.52. The highest BCUT2D eigenvalue weighted by Crippen LogP contribution is 2.39. The first-order valence-corrected chi connectivity index (χ1v) is 19.9. The molecule has 0 bridgehead atoms. The summed E-state index contributed by atoms with van der Waals surface area (Å²) in [4.78, 5) is 43.8. The summed E-state index contributed by atoms with van der Waals surface area (Å²) in [6.07, 6.45) is 1.91. The first-order valence-electron chi connectivity index (χ1n) is 19.1. The number of ether oxygens (including phenoxy) is 2. The van der Waals surface area contributed by atoms with E-state index in [2.05, 4.69) is 38.1 Å². The second-order valence-corrected chi connectivity index (χ2v) is 15.1. The summed E-state index contributed by atoms with van der Waals surface area (Å²) in [5, 5.41) is 33.6. The highest BCUT2D eigenvalue weighted by molar-refractivity contribution is 7.99. The number of methoxy groups -OCH3 is 1. The van der Waals surface area contributed by atoms with Crippen LogP contribution in [0, 0.1) is 18.8 Å². The lowest BCUT2D eigenvalue weighted by atomic mass is 10.1. The average Bonchev–Trinajstić information content (AvgIpc) is 3.23. The lowest BCUT2D eigenvalue weighted by Gasteiger charge is -2.23. The fraction of sp³-hybridized carbons (Fsp3) is 0.174. The number of nitrogens with one attached hydrogen (secondary N) is 4. The molecule has 14 heteroatoms. The van der Waals surface area contributed by atoms with Crippen LogP contribution in [0.5, 0.6) is 17.2 Å². The molecule has 3 amide bonds. The van der Waals surface area contributed by atoms with Gasteiger partial charge < -0.3 is 46.7 Å². The number of benzene rings is 5. The molecular formula is C46H42N6O7S. The van der Waals surface area contributed by atoms with E-state index < -0.39 is 12.0 Å². The molecule has 0 fully saturated rings. The number of unbranched alkanes of at least 4 members (excludes halogenated alkanes) is 1. The molecule has 304 valence electrons. The second kappa shape index (κ2) is 18.7. The Bertz CT molecular complexity index is 2660. The molecule has 0 radical (unpaired) electrons. The summed E-state index contributed by atoms with van der Waals surface area (Å²) in [6, 6.07) is 28.9. The van der Waals surface area contributed by atoms with Crippen LogP contribution in [-0.2, 0) is 4.79 Å². The number of aryl methyl sites for hydroxylation is 1. The standard InChI is InChI=1S/C46H42N6O7S/c1-27-18-35(23-37-42(27)49-24-38(45(47)56)43(37)50-31-10-7-11-33(20-31)58-2)60-34-12-6-9-29(19-34)46(57)51-30-15-13-28(14-16-30)8-4-3-5-17-48-25-40(54)36-21-32(53)22-39-44(36)59-26-41(55)52-39/h6-7,9-16,18-24,40,48,53-54H,3,5,17,25-26H2,1-2H3,(H2,47,56)(H,49,50)(H,51,57)(H,52,55). The topological polar surface area (TPSA) is 197 Å². The van der Waals surface area contributed by atoms with Crippen molar-refractivity contribution in [1.29, 1.82) is 0 Å². The maximum Gasteiger partial charge on any atom is 0.262 e. The number of aromatic nitrogens is 1. The van der Waals surface area contributed by atoms with E-state index in [-0.39, 0.29) is 36.3 Å². The first kappa shape index (κ1) is 41.1. The van der Waals surface area contributed by atoms with Crippen LogP contribution in [0.4, 0.5) is 22.7 Å². The molecule has 1 atom stereocenters. The van der Waals surface area contributed by atoms with Gasteiger partial charge in [-0.1, -0.05) is 35.7 Å². The van der Waals surface area contributed by atoms with Crippen LogP contribution < -0.4 is 36.5 Å². The number of pyridine rings is 1. The average molecular weight is 823 g/mol. The number of fused-ring (bicyclic) bond motifs is 2. The van der Waals surface area contributed by atoms with Gasteiger partial charge in [-0.15, -0.1) is 0 Å². The monoisotopic (exact) mass is 822 g/mol. The quantitative estimate of drug-likeness (QED) is 0.0431. The minimum absolute atomic E-state index is 0.0785. The Hall–Kier alpha value is -7.05. The Morgan fingerprint density at radius 1 is 1.02 bits per heavy atom. The van der Waals surface area contributed by atoms with E-state index in [9.17, 15) is 24.6 Å². The zero-order chi connectivity index (χ0) is 42.2. The summed E-state index contributed by atoms with van der Waals surface area (Å²) >= 11 is 1.48. The third kappa shape index (κ3) is 9.96. The summed E-state index contributed by atoms with van der Waals surface area (Å²) in [5.74, 6) is 6.05. The predicted molar refractivity (Wildman–Crippen MR) is 232 cm³/mol. The fourth-order valence-electron chi connectivity index (χ4n) is 6.63. The molecule has 8 N–H and O–H groups in total. The number of nitrogens with two attached hydrogens (primary N) is 1. The van der Waals surface area contributed by atoms with Crippen LogP contribution in [0.2, 0.25) is 0 Å². The molecule has 1 unspecified atom stereocenters. The molecule has 2 heterocycles. The van der Waals surface area contributed by atoms with E-state index in [1.807, 2.05) is 85.8 Å². The minimum Gasteiger partial charge on any atom is -0.508 e. The lowest BCUT2D eigenvalue weighted by Crippen LogP contribution is -2.28. The maximum absolute atomic E-state index is 13.3. The van der Waals surface area contributed by atoms with Crippen LogP contribution in [0.1, 0.15) is 56.4 Å². The normalized spacial score (nSPS) is 12.3. The number of anilines is 4. The van der Waals surface area contributed by atoms with E-state index in [1.54, 1.807) is 13.2 Å². The SMILES string of the molecule is COc1cccc(Nc2c(C(N)=O)cnc3c(C)cc(Sc4cccc(C(=O)Nc5ccc(C#CCCCNCC(O)c6cc(O)cc7c6OCC(=O)N7)cc5)c4)cc23)c1. The third-order valence-corrected chi connectivity index (χ3v) is 10.5. The molecule has 0 spiro atoms. The van der Waals surface area contributed by atoms with Crippen molar-refractivity contribution in [3.8, 4) is 29.1 Å². The second-order valence-electron chi connectivity index (χ2n) is 13.9. The zero-order valence-corrected chi connectivity index (χ0v) is 33.6. The van der Waals surface area contributed by atoms with Gasteiger partial charge >= 0.3 is 0 Å². The Morgan fingerprint density at radius 3 is 2.63 bits per heavy atom. The number of hydrogen-bond donors (Lipinski definition) is 7. The lowest BCUT2D eigenvalue weighted by molar-refractivity contribution is -0.118. The van der Waals surface area contributed by atoms with Gasteiger partial charge in [-0.25, -0.2) is 0 Å². The number of aliphatic hydroxyl groups is 1. The van der Waals surface area contributed by atoms with Crippen LogP contribution in [0.15, 0.2) is 113 Å². The van der Waals surface area contributed by atoms with Crippen molar-refractivity contribution in [2.75, 3.05) is 42.8 Å². The summed E-state index contributed by atoms with van der Waals surface area (Å²) < 4.78 is 10.9. The number of aromatic hydroxyl groups is 1. The summed E-state index contributed by atoms with van der Waals surface area (Å²) in [7, 11) is 1.59. The van der Waals surface area contributed by atoms with Crippen molar-refractivity contribution >= 4 is 63.1 Å². The van der Waals surface area contributed by atoms with Gasteiger partial charge in [-0.3, -0.25) is 19.4 Å². The van der Waals surface area contributed by atoms with Crippen LogP contribution >= 0.6 is 11.8 Å². The number of carbonyl (C=O) groups excluding carboxylic acids is 3. The Balaban J connectivity index is 0.932. The van der Waals surface area contributed by atoms with Crippen molar-refractivity contribution in [2.45, 2.75) is 35.7 Å². The highest BCUT2D eigenvalue weighted by atomic mass is 32.2. The molecule has 5 aromatic carbocycles. The van der Waals surface area contributed by atoms with E-state index >= 15 is 0 Å². The molecule has 1 aliphatic heterocycles. The molecule has 0 saturated heterocycles. The van der Waals surface area contributed by atoms with Gasteiger partial charge in [0.15, 0.2) is 6.61 Å². The Morgan fingerprint density at radius 2 is 1.83 bits per heavy atom. The van der Waals surface area contributed by atoms with Gasteiger partial charge in [0.25, 0.3) is 17.7 Å². The molecule has 7 rings (SSSR count). The van der Waals surface area contributed by atoms with Crippen molar-refractivity contribution in [1.82, 2.24) is 10.3 Å². The Kier molecular flexibility index (Phi) is 12.8. The van der Waals surface area contributed by atoms with E-state index in [0.717, 1.165) is 43.9 Å². The van der Waals surface area contributed by atoms with Crippen molar-refractivity contribution in [3.05, 3.63) is 131 Å². The number of phenolic OH excluding ortho intramolecular Hbond substituents is 1. The molecular weight excluding hydrogens is 781 g/mol. The molecule has 60 heavy (non-hydrogen) atoms. The van der Waals surface area contributed by atoms with Gasteiger partial charge in [0.1, 0.15) is 17.2 Å². The van der Waals surface area contributed by atoms with Crippen LogP contribution in [0.25, 0.3) is 10.9 Å². The first-order chi connectivity index (χ1) is 29.0. The van der Waals surface area contributed by atoms with Crippen molar-refractivity contribution in [2.24, 2.45) is 5.73 Å². The molecule has 1 aliphatic rings. The zero-order valence-electron chi connectivity index (χ0n) is 32.8. The number of primary amides is 1. The smallest absolute Gasteiger partial charge is 0.262 e. The number of aliphatic hydroxyl groups excluding tert-OH is 1. The van der Waals surface area contributed by atoms with E-state index in [1.165, 1.54) is 30.1 Å². The van der Waals surface area contributed by atoms with Gasteiger partial charge in [0.2, 0.25) is 0 Å². The van der Waals surface area contributed by atoms with E-state index in [0.29, 0.717) is 52.7 Å². The fourth-order valence-corrected chi connectivity index (χ4v) is 7.64.